The number of likely N-dealkylation sites (tertiary alicyclic amines) is 1. The molecule has 0 unspecified atom stereocenters. The molecule has 0 aromatic heterocycles. The first-order valence-electron chi connectivity index (χ1n) is 8.17. The monoisotopic (exact) mass is 288 g/mol. The van der Waals surface area contributed by atoms with Gasteiger partial charge in [-0.25, -0.2) is 0 Å². The largest absolute Gasteiger partial charge is 0.353 e. The highest BCUT2D eigenvalue weighted by Crippen LogP contribution is 2.22. The molecule has 0 spiro atoms. The third-order valence-electron chi connectivity index (χ3n) is 4.63. The molecule has 0 saturated carbocycles. The van der Waals surface area contributed by atoms with Gasteiger partial charge in [-0.15, -0.1) is 0 Å². The van der Waals surface area contributed by atoms with Gasteiger partial charge in [0.15, 0.2) is 0 Å². The topological polar surface area (TPSA) is 32.3 Å². The van der Waals surface area contributed by atoms with Gasteiger partial charge in [0.25, 0.3) is 0 Å². The number of nitrogens with one attached hydrogen (secondary N) is 1. The fourth-order valence-electron chi connectivity index (χ4n) is 3.17. The van der Waals surface area contributed by atoms with E-state index >= 15 is 0 Å². The minimum absolute atomic E-state index is 0.178. The van der Waals surface area contributed by atoms with Crippen molar-refractivity contribution in [2.75, 3.05) is 13.1 Å². The molecule has 2 rings (SSSR count). The molecule has 0 aliphatic carbocycles. The van der Waals surface area contributed by atoms with Crippen LogP contribution < -0.4 is 5.32 Å². The molecule has 1 aromatic carbocycles. The zero-order valence-corrected chi connectivity index (χ0v) is 13.5. The molecule has 0 radical (unpaired) electrons. The highest BCUT2D eigenvalue weighted by atomic mass is 16.1. The average molecular weight is 288 g/mol. The number of amides is 1. The van der Waals surface area contributed by atoms with Gasteiger partial charge in [-0.05, 0) is 31.2 Å². The summed E-state index contributed by atoms with van der Waals surface area (Å²) in [6.07, 6.45) is 2.74. The molecular weight excluding hydrogens is 260 g/mol. The van der Waals surface area contributed by atoms with Crippen LogP contribution >= 0.6 is 0 Å². The number of benzene rings is 1. The molecule has 1 saturated heterocycles. The lowest BCUT2D eigenvalue weighted by atomic mass is 9.89. The molecule has 0 bridgehead atoms. The van der Waals surface area contributed by atoms with E-state index in [-0.39, 0.29) is 5.91 Å². The normalized spacial score (nSPS) is 26.5. The summed E-state index contributed by atoms with van der Waals surface area (Å²) in [5.41, 5.74) is 1.40. The van der Waals surface area contributed by atoms with E-state index < -0.39 is 0 Å². The van der Waals surface area contributed by atoms with Crippen LogP contribution in [0.1, 0.15) is 39.2 Å². The Bertz CT molecular complexity index is 446. The molecule has 3 heteroatoms. The van der Waals surface area contributed by atoms with Gasteiger partial charge in [-0.2, -0.15) is 0 Å². The first-order valence-corrected chi connectivity index (χ1v) is 8.17. The van der Waals surface area contributed by atoms with Crippen LogP contribution in [0.2, 0.25) is 0 Å². The van der Waals surface area contributed by atoms with E-state index in [0.717, 1.165) is 25.9 Å². The molecule has 1 aromatic rings. The molecule has 21 heavy (non-hydrogen) atoms. The van der Waals surface area contributed by atoms with Crippen molar-refractivity contribution in [3.8, 4) is 0 Å². The van der Waals surface area contributed by atoms with Crippen LogP contribution in [-0.4, -0.2) is 36.0 Å². The number of carbonyl (C=O) groups excluding carboxylic acids is 1. The van der Waals surface area contributed by atoms with Crippen molar-refractivity contribution in [1.29, 1.82) is 0 Å². The Morgan fingerprint density at radius 1 is 1.29 bits per heavy atom. The number of nitrogens with zero attached hydrogens (tertiary/aromatic N) is 1. The highest BCUT2D eigenvalue weighted by Gasteiger charge is 2.31. The number of piperidine rings is 1. The predicted molar refractivity (Wildman–Crippen MR) is 87.2 cm³/mol. The van der Waals surface area contributed by atoms with Crippen molar-refractivity contribution in [3.05, 3.63) is 35.9 Å². The van der Waals surface area contributed by atoms with E-state index in [1.807, 2.05) is 6.92 Å². The summed E-state index contributed by atoms with van der Waals surface area (Å²) in [6.45, 7) is 8.62. The van der Waals surface area contributed by atoms with Crippen molar-refractivity contribution in [2.24, 2.45) is 5.92 Å². The van der Waals surface area contributed by atoms with Gasteiger partial charge >= 0.3 is 0 Å². The maximum Gasteiger partial charge on any atom is 0.219 e. The minimum atomic E-state index is 0.178. The summed E-state index contributed by atoms with van der Waals surface area (Å²) in [6, 6.07) is 11.5. The minimum Gasteiger partial charge on any atom is -0.353 e. The fraction of sp³-hybridized carbons (Fsp3) is 0.611. The molecular formula is C18H28N2O. The second kappa shape index (κ2) is 7.60. The first kappa shape index (κ1) is 16.0. The lowest BCUT2D eigenvalue weighted by Gasteiger charge is -2.42. The van der Waals surface area contributed by atoms with Crippen molar-refractivity contribution < 1.29 is 4.79 Å². The van der Waals surface area contributed by atoms with E-state index in [1.54, 1.807) is 0 Å². The van der Waals surface area contributed by atoms with Gasteiger partial charge in [0.1, 0.15) is 0 Å². The van der Waals surface area contributed by atoms with Crippen LogP contribution in [0.3, 0.4) is 0 Å². The van der Waals surface area contributed by atoms with Crippen molar-refractivity contribution in [2.45, 2.75) is 52.1 Å². The standard InChI is InChI=1S/C18H28N2O/c1-4-18(21)19-17-12-15(3)20(13-14(17)2)11-10-16-8-6-5-7-9-16/h5-9,14-15,17H,4,10-13H2,1-3H3,(H,19,21)/t14-,15+,17+/m0/s1. The van der Waals surface area contributed by atoms with Gasteiger partial charge in [0.2, 0.25) is 5.91 Å². The summed E-state index contributed by atoms with van der Waals surface area (Å²) < 4.78 is 0. The number of hydrogen-bond donors (Lipinski definition) is 1. The van der Waals surface area contributed by atoms with Crippen LogP contribution in [0.25, 0.3) is 0 Å². The van der Waals surface area contributed by atoms with Crippen LogP contribution in [0, 0.1) is 5.92 Å². The van der Waals surface area contributed by atoms with Gasteiger partial charge < -0.3 is 5.32 Å². The Morgan fingerprint density at radius 3 is 2.67 bits per heavy atom. The number of rotatable bonds is 5. The number of hydrogen-bond acceptors (Lipinski definition) is 2. The Labute approximate surface area is 128 Å². The van der Waals surface area contributed by atoms with Crippen LogP contribution in [0.4, 0.5) is 0 Å². The molecule has 1 N–H and O–H groups in total. The lowest BCUT2D eigenvalue weighted by molar-refractivity contribution is -0.122. The van der Waals surface area contributed by atoms with Gasteiger partial charge in [-0.3, -0.25) is 9.69 Å². The molecule has 1 amide bonds. The summed E-state index contributed by atoms with van der Waals surface area (Å²) in [5, 5.41) is 3.18. The SMILES string of the molecule is CCC(=O)N[C@@H]1C[C@@H](C)N(CCc2ccccc2)C[C@@H]1C. The fourth-order valence-corrected chi connectivity index (χ4v) is 3.17. The zero-order valence-electron chi connectivity index (χ0n) is 13.5. The Balaban J connectivity index is 1.85. The summed E-state index contributed by atoms with van der Waals surface area (Å²) in [4.78, 5) is 14.2. The third kappa shape index (κ3) is 4.57. The van der Waals surface area contributed by atoms with Crippen molar-refractivity contribution in [1.82, 2.24) is 10.2 Å². The third-order valence-corrected chi connectivity index (χ3v) is 4.63. The van der Waals surface area contributed by atoms with Crippen LogP contribution in [-0.2, 0) is 11.2 Å². The second-order valence-corrected chi connectivity index (χ2v) is 6.32. The van der Waals surface area contributed by atoms with Crippen molar-refractivity contribution in [3.63, 3.8) is 0 Å². The molecule has 3 atom stereocenters. The van der Waals surface area contributed by atoms with E-state index in [2.05, 4.69) is 54.4 Å². The second-order valence-electron chi connectivity index (χ2n) is 6.32. The molecule has 1 aliphatic rings. The molecule has 1 aliphatic heterocycles. The summed E-state index contributed by atoms with van der Waals surface area (Å²) >= 11 is 0. The molecule has 3 nitrogen and oxygen atoms in total. The number of carbonyl (C=O) groups is 1. The van der Waals surface area contributed by atoms with E-state index in [4.69, 9.17) is 0 Å². The molecule has 1 fully saturated rings. The van der Waals surface area contributed by atoms with Crippen LogP contribution in [0.5, 0.6) is 0 Å². The highest BCUT2D eigenvalue weighted by molar-refractivity contribution is 5.75. The van der Waals surface area contributed by atoms with Crippen molar-refractivity contribution >= 4 is 5.91 Å². The maximum absolute atomic E-state index is 11.6. The first-order chi connectivity index (χ1) is 10.1. The van der Waals surface area contributed by atoms with E-state index in [0.29, 0.717) is 24.4 Å². The Hall–Kier alpha value is -1.35. The summed E-state index contributed by atoms with van der Waals surface area (Å²) in [7, 11) is 0. The lowest BCUT2D eigenvalue weighted by Crippen LogP contribution is -2.53. The molecule has 1 heterocycles. The van der Waals surface area contributed by atoms with Crippen LogP contribution in [0.15, 0.2) is 30.3 Å². The van der Waals surface area contributed by atoms with Gasteiger partial charge in [-0.1, -0.05) is 44.2 Å². The average Bonchev–Trinajstić information content (AvgIpc) is 2.50. The van der Waals surface area contributed by atoms with Gasteiger partial charge in [0.05, 0.1) is 0 Å². The summed E-state index contributed by atoms with van der Waals surface area (Å²) in [5.74, 6) is 0.698. The zero-order chi connectivity index (χ0) is 15.2. The predicted octanol–water partition coefficient (Wildman–Crippen LogP) is 2.85. The quantitative estimate of drug-likeness (QED) is 0.903. The van der Waals surface area contributed by atoms with E-state index in [9.17, 15) is 4.79 Å². The van der Waals surface area contributed by atoms with Gasteiger partial charge in [0, 0.05) is 31.6 Å². The maximum atomic E-state index is 11.6. The molecule has 116 valence electrons. The Morgan fingerprint density at radius 2 is 2.00 bits per heavy atom. The Kier molecular flexibility index (Phi) is 5.80. The van der Waals surface area contributed by atoms with E-state index in [1.165, 1.54) is 5.56 Å². The smallest absolute Gasteiger partial charge is 0.219 e.